The van der Waals surface area contributed by atoms with Crippen LogP contribution in [0, 0.1) is 6.92 Å². The molecule has 0 fully saturated rings. The molecule has 2 aromatic rings. The van der Waals surface area contributed by atoms with E-state index in [1.54, 1.807) is 18.2 Å². The van der Waals surface area contributed by atoms with Gasteiger partial charge in [-0.3, -0.25) is 4.79 Å². The maximum atomic E-state index is 12.3. The van der Waals surface area contributed by atoms with Crippen LogP contribution < -0.4 is 0 Å². The summed E-state index contributed by atoms with van der Waals surface area (Å²) in [4.78, 5) is 24.0. The Morgan fingerprint density at radius 2 is 1.95 bits per heavy atom. The first-order chi connectivity index (χ1) is 9.65. The average Bonchev–Trinajstić information content (AvgIpc) is 2.76. The number of carbonyl (C=O) groups is 2. The molecule has 0 saturated heterocycles. The molecule has 100 valence electrons. The first-order valence-electron chi connectivity index (χ1n) is 6.55. The first kappa shape index (κ1) is 12.6. The molecule has 0 aromatic heterocycles. The van der Waals surface area contributed by atoms with Crippen LogP contribution in [0.1, 0.15) is 44.4 Å². The van der Waals surface area contributed by atoms with Gasteiger partial charge >= 0.3 is 5.97 Å². The number of aryl methyl sites for hydroxylation is 1. The van der Waals surface area contributed by atoms with Crippen molar-refractivity contribution in [3.8, 4) is 0 Å². The fourth-order valence-electron chi connectivity index (χ4n) is 2.48. The minimum atomic E-state index is -0.466. The van der Waals surface area contributed by atoms with Gasteiger partial charge in [-0.2, -0.15) is 0 Å². The number of hydrogen-bond acceptors (Lipinski definition) is 3. The second-order valence-electron chi connectivity index (χ2n) is 4.98. The molecule has 3 heteroatoms. The van der Waals surface area contributed by atoms with Crippen LogP contribution in [0.3, 0.4) is 0 Å². The molecule has 2 aromatic carbocycles. The number of Topliss-reactive ketones (excluding diaryl/α,β-unsaturated/α-hetero) is 1. The third-order valence-electron chi connectivity index (χ3n) is 3.49. The van der Waals surface area contributed by atoms with Crippen molar-refractivity contribution in [2.75, 3.05) is 0 Å². The van der Waals surface area contributed by atoms with Gasteiger partial charge in [-0.25, -0.2) is 4.79 Å². The van der Waals surface area contributed by atoms with Crippen LogP contribution in [0.5, 0.6) is 0 Å². The third-order valence-corrected chi connectivity index (χ3v) is 3.49. The van der Waals surface area contributed by atoms with Gasteiger partial charge in [0.05, 0.1) is 12.0 Å². The predicted molar refractivity (Wildman–Crippen MR) is 74.7 cm³/mol. The molecule has 3 rings (SSSR count). The number of fused-ring (bicyclic) bond motifs is 1. The highest BCUT2D eigenvalue weighted by Gasteiger charge is 2.32. The van der Waals surface area contributed by atoms with Crippen LogP contribution in [-0.4, -0.2) is 11.8 Å². The molecule has 0 amide bonds. The number of cyclic esters (lactones) is 1. The Balaban J connectivity index is 1.83. The van der Waals surface area contributed by atoms with Gasteiger partial charge in [0.25, 0.3) is 0 Å². The summed E-state index contributed by atoms with van der Waals surface area (Å²) in [7, 11) is 0. The van der Waals surface area contributed by atoms with Crippen LogP contribution >= 0.6 is 0 Å². The lowest BCUT2D eigenvalue weighted by atomic mass is 9.98. The fourth-order valence-corrected chi connectivity index (χ4v) is 2.48. The lowest BCUT2D eigenvalue weighted by Gasteiger charge is -2.10. The van der Waals surface area contributed by atoms with Crippen molar-refractivity contribution in [1.29, 1.82) is 0 Å². The van der Waals surface area contributed by atoms with Crippen molar-refractivity contribution in [2.24, 2.45) is 0 Å². The Bertz CT molecular complexity index is 688. The lowest BCUT2D eigenvalue weighted by molar-refractivity contribution is 0.0367. The molecule has 0 bridgehead atoms. The van der Waals surface area contributed by atoms with Crippen LogP contribution in [0.4, 0.5) is 0 Å². The van der Waals surface area contributed by atoms with Crippen molar-refractivity contribution >= 4 is 11.8 Å². The summed E-state index contributed by atoms with van der Waals surface area (Å²) < 4.78 is 5.29. The van der Waals surface area contributed by atoms with Gasteiger partial charge < -0.3 is 4.74 Å². The molecule has 1 aliphatic heterocycles. The maximum absolute atomic E-state index is 12.3. The first-order valence-corrected chi connectivity index (χ1v) is 6.55. The lowest BCUT2D eigenvalue weighted by Crippen LogP contribution is -2.07. The standard InChI is InChI=1S/C17H14O3/c1-11-5-4-6-12(9-11)15(18)10-16-13-7-2-3-8-14(13)17(19)20-16/h2-9,16H,10H2,1H3/t16-/m1/s1. The second-order valence-corrected chi connectivity index (χ2v) is 4.98. The van der Waals surface area contributed by atoms with Gasteiger partial charge in [-0.1, -0.05) is 42.0 Å². The van der Waals surface area contributed by atoms with Crippen molar-refractivity contribution in [3.05, 3.63) is 70.8 Å². The van der Waals surface area contributed by atoms with Crippen molar-refractivity contribution < 1.29 is 14.3 Å². The zero-order chi connectivity index (χ0) is 14.1. The van der Waals surface area contributed by atoms with Gasteiger partial charge in [0.2, 0.25) is 0 Å². The van der Waals surface area contributed by atoms with E-state index in [1.165, 1.54) is 0 Å². The summed E-state index contributed by atoms with van der Waals surface area (Å²) >= 11 is 0. The monoisotopic (exact) mass is 266 g/mol. The van der Waals surface area contributed by atoms with Crippen molar-refractivity contribution in [3.63, 3.8) is 0 Å². The van der Waals surface area contributed by atoms with E-state index in [4.69, 9.17) is 4.74 Å². The predicted octanol–water partition coefficient (Wildman–Crippen LogP) is 3.48. The summed E-state index contributed by atoms with van der Waals surface area (Å²) in [6.07, 6.45) is -0.279. The second kappa shape index (κ2) is 4.93. The van der Waals surface area contributed by atoms with Gasteiger partial charge in [0.15, 0.2) is 5.78 Å². The number of ketones is 1. The molecule has 0 radical (unpaired) electrons. The fraction of sp³-hybridized carbons (Fsp3) is 0.176. The normalized spacial score (nSPS) is 16.6. The Kier molecular flexibility index (Phi) is 3.11. The largest absolute Gasteiger partial charge is 0.453 e. The zero-order valence-electron chi connectivity index (χ0n) is 11.1. The quantitative estimate of drug-likeness (QED) is 0.631. The summed E-state index contributed by atoms with van der Waals surface area (Å²) in [6, 6.07) is 14.7. The van der Waals surface area contributed by atoms with E-state index in [9.17, 15) is 9.59 Å². The van der Waals surface area contributed by atoms with Crippen molar-refractivity contribution in [2.45, 2.75) is 19.4 Å². The summed E-state index contributed by atoms with van der Waals surface area (Å²) in [6.45, 7) is 1.95. The smallest absolute Gasteiger partial charge is 0.339 e. The molecular weight excluding hydrogens is 252 g/mol. The Hall–Kier alpha value is -2.42. The average molecular weight is 266 g/mol. The number of rotatable bonds is 3. The third kappa shape index (κ3) is 2.23. The van der Waals surface area contributed by atoms with E-state index < -0.39 is 6.10 Å². The van der Waals surface area contributed by atoms with E-state index in [0.717, 1.165) is 11.1 Å². The molecule has 0 unspecified atom stereocenters. The number of ether oxygens (including phenoxy) is 1. The van der Waals surface area contributed by atoms with Crippen LogP contribution in [0.25, 0.3) is 0 Å². The van der Waals surface area contributed by atoms with E-state index in [0.29, 0.717) is 11.1 Å². The molecule has 0 spiro atoms. The summed E-state index contributed by atoms with van der Waals surface area (Å²) in [5.41, 5.74) is 3.07. The highest BCUT2D eigenvalue weighted by molar-refractivity contribution is 5.99. The molecule has 1 heterocycles. The van der Waals surface area contributed by atoms with Gasteiger partial charge in [-0.15, -0.1) is 0 Å². The van der Waals surface area contributed by atoms with E-state index in [1.807, 2.05) is 37.3 Å². The molecule has 0 saturated carbocycles. The molecule has 0 aliphatic carbocycles. The van der Waals surface area contributed by atoms with Crippen LogP contribution in [0.15, 0.2) is 48.5 Å². The Morgan fingerprint density at radius 3 is 2.75 bits per heavy atom. The minimum Gasteiger partial charge on any atom is -0.453 e. The number of esters is 1. The molecular formula is C17H14O3. The van der Waals surface area contributed by atoms with Gasteiger partial charge in [0.1, 0.15) is 6.10 Å². The molecule has 3 nitrogen and oxygen atoms in total. The SMILES string of the molecule is Cc1cccc(C(=O)C[C@H]2OC(=O)c3ccccc32)c1. The molecule has 1 aliphatic rings. The zero-order valence-corrected chi connectivity index (χ0v) is 11.1. The highest BCUT2D eigenvalue weighted by Crippen LogP contribution is 2.33. The van der Waals surface area contributed by atoms with E-state index in [-0.39, 0.29) is 18.2 Å². The Morgan fingerprint density at radius 1 is 1.15 bits per heavy atom. The number of benzene rings is 2. The molecule has 20 heavy (non-hydrogen) atoms. The van der Waals surface area contributed by atoms with Crippen LogP contribution in [0.2, 0.25) is 0 Å². The number of hydrogen-bond donors (Lipinski definition) is 0. The van der Waals surface area contributed by atoms with Crippen molar-refractivity contribution in [1.82, 2.24) is 0 Å². The Labute approximate surface area is 117 Å². The highest BCUT2D eigenvalue weighted by atomic mass is 16.5. The molecule has 1 atom stereocenters. The minimum absolute atomic E-state index is 0.0109. The molecule has 0 N–H and O–H groups in total. The van der Waals surface area contributed by atoms with Gasteiger partial charge in [-0.05, 0) is 19.1 Å². The van der Waals surface area contributed by atoms with Crippen LogP contribution in [-0.2, 0) is 4.74 Å². The maximum Gasteiger partial charge on any atom is 0.339 e. The summed E-state index contributed by atoms with van der Waals surface area (Å²) in [5.74, 6) is -0.356. The number of carbonyl (C=O) groups excluding carboxylic acids is 2. The van der Waals surface area contributed by atoms with E-state index in [2.05, 4.69) is 0 Å². The van der Waals surface area contributed by atoms with E-state index >= 15 is 0 Å². The summed E-state index contributed by atoms with van der Waals surface area (Å²) in [5, 5.41) is 0. The van der Waals surface area contributed by atoms with Gasteiger partial charge in [0, 0.05) is 11.1 Å². The topological polar surface area (TPSA) is 43.4 Å².